The second kappa shape index (κ2) is 5.45. The molecule has 0 bridgehead atoms. The van der Waals surface area contributed by atoms with Gasteiger partial charge in [-0.25, -0.2) is 4.79 Å². The van der Waals surface area contributed by atoms with Gasteiger partial charge in [0.25, 0.3) is 0 Å². The largest absolute Gasteiger partial charge is 0.478 e. The molecule has 5 heteroatoms. The molecule has 4 rings (SSSR count). The quantitative estimate of drug-likeness (QED) is 0.783. The molecule has 1 aromatic carbocycles. The molecule has 0 radical (unpaired) electrons. The summed E-state index contributed by atoms with van der Waals surface area (Å²) in [5, 5.41) is 9.40. The Balaban J connectivity index is 1.90. The number of allylic oxidation sites excluding steroid dienone is 1. The Morgan fingerprint density at radius 2 is 2.12 bits per heavy atom. The highest BCUT2D eigenvalue weighted by Crippen LogP contribution is 2.34. The van der Waals surface area contributed by atoms with Crippen molar-refractivity contribution < 1.29 is 14.3 Å². The van der Waals surface area contributed by atoms with Gasteiger partial charge in [-0.15, -0.1) is 0 Å². The standard InChI is InChI=1S/C19H13NO4/c21-17-14-5-3-12(8-11-2-1-7-20-10-11)18(14)24-16-6-4-13(19(22)23)9-15(16)17/h1-2,4,6-10H,3,5H2,(H,22,23). The monoisotopic (exact) mass is 319 g/mol. The maximum absolute atomic E-state index is 12.7. The van der Waals surface area contributed by atoms with Gasteiger partial charge in [0.2, 0.25) is 0 Å². The van der Waals surface area contributed by atoms with Gasteiger partial charge in [0.05, 0.1) is 10.9 Å². The molecule has 0 atom stereocenters. The third-order valence-electron chi connectivity index (χ3n) is 4.19. The lowest BCUT2D eigenvalue weighted by atomic mass is 10.1. The minimum Gasteiger partial charge on any atom is -0.478 e. The predicted molar refractivity (Wildman–Crippen MR) is 89.9 cm³/mol. The van der Waals surface area contributed by atoms with Crippen LogP contribution in [-0.4, -0.2) is 16.1 Å². The van der Waals surface area contributed by atoms with Gasteiger partial charge in [-0.05, 0) is 54.3 Å². The lowest BCUT2D eigenvalue weighted by molar-refractivity contribution is 0.0697. The van der Waals surface area contributed by atoms with Crippen molar-refractivity contribution in [2.75, 3.05) is 0 Å². The van der Waals surface area contributed by atoms with E-state index in [9.17, 15) is 9.59 Å². The number of hydrogen-bond acceptors (Lipinski definition) is 4. The zero-order valence-electron chi connectivity index (χ0n) is 12.7. The van der Waals surface area contributed by atoms with Crippen LogP contribution >= 0.6 is 0 Å². The fourth-order valence-electron chi connectivity index (χ4n) is 3.03. The summed E-state index contributed by atoms with van der Waals surface area (Å²) in [5.74, 6) is -0.464. The molecule has 1 N–H and O–H groups in total. The number of hydrogen-bond donors (Lipinski definition) is 1. The number of carbonyl (C=O) groups is 1. The molecule has 118 valence electrons. The van der Waals surface area contributed by atoms with Crippen molar-refractivity contribution in [2.24, 2.45) is 0 Å². The van der Waals surface area contributed by atoms with E-state index in [2.05, 4.69) is 4.98 Å². The van der Waals surface area contributed by atoms with Crippen molar-refractivity contribution >= 4 is 28.6 Å². The minimum atomic E-state index is -1.06. The predicted octanol–water partition coefficient (Wildman–Crippen LogP) is 3.37. The van der Waals surface area contributed by atoms with Crippen LogP contribution in [0.3, 0.4) is 0 Å². The first kappa shape index (κ1) is 14.4. The molecular formula is C19H13NO4. The molecule has 0 saturated carbocycles. The average Bonchev–Trinajstić information content (AvgIpc) is 2.99. The maximum Gasteiger partial charge on any atom is 0.335 e. The molecule has 0 fully saturated rings. The van der Waals surface area contributed by atoms with E-state index < -0.39 is 5.97 Å². The Morgan fingerprint density at radius 3 is 2.88 bits per heavy atom. The van der Waals surface area contributed by atoms with E-state index in [4.69, 9.17) is 9.52 Å². The molecule has 2 aromatic heterocycles. The lowest BCUT2D eigenvalue weighted by Gasteiger charge is -2.04. The minimum absolute atomic E-state index is 0.0823. The number of benzene rings is 1. The molecule has 3 aromatic rings. The van der Waals surface area contributed by atoms with Gasteiger partial charge in [0.15, 0.2) is 5.43 Å². The number of aromatic nitrogens is 1. The molecule has 0 unspecified atom stereocenters. The van der Waals surface area contributed by atoms with E-state index in [0.717, 1.165) is 11.1 Å². The summed E-state index contributed by atoms with van der Waals surface area (Å²) < 4.78 is 5.92. The molecular weight excluding hydrogens is 306 g/mol. The molecule has 0 saturated heterocycles. The van der Waals surface area contributed by atoms with Gasteiger partial charge >= 0.3 is 5.97 Å². The first-order valence-corrected chi connectivity index (χ1v) is 7.57. The summed E-state index contributed by atoms with van der Waals surface area (Å²) in [6.07, 6.45) is 6.74. The van der Waals surface area contributed by atoms with Crippen molar-refractivity contribution in [1.82, 2.24) is 4.98 Å². The highest BCUT2D eigenvalue weighted by molar-refractivity contribution is 5.94. The summed E-state index contributed by atoms with van der Waals surface area (Å²) in [4.78, 5) is 27.9. The van der Waals surface area contributed by atoms with E-state index in [0.29, 0.717) is 35.1 Å². The van der Waals surface area contributed by atoms with Crippen LogP contribution < -0.4 is 5.43 Å². The second-order valence-corrected chi connectivity index (χ2v) is 5.71. The number of nitrogens with zero attached hydrogens (tertiary/aromatic N) is 1. The maximum atomic E-state index is 12.7. The van der Waals surface area contributed by atoms with Gasteiger partial charge in [-0.1, -0.05) is 6.07 Å². The van der Waals surface area contributed by atoms with E-state index in [1.165, 1.54) is 12.1 Å². The van der Waals surface area contributed by atoms with E-state index >= 15 is 0 Å². The van der Waals surface area contributed by atoms with Crippen LogP contribution in [0.1, 0.15) is 33.7 Å². The van der Waals surface area contributed by atoms with E-state index in [1.807, 2.05) is 18.2 Å². The molecule has 5 nitrogen and oxygen atoms in total. The summed E-state index contributed by atoms with van der Waals surface area (Å²) in [5.41, 5.74) is 2.86. The summed E-state index contributed by atoms with van der Waals surface area (Å²) in [6.45, 7) is 0. The molecule has 24 heavy (non-hydrogen) atoms. The fourth-order valence-corrected chi connectivity index (χ4v) is 3.03. The third-order valence-corrected chi connectivity index (χ3v) is 4.19. The van der Waals surface area contributed by atoms with Crippen LogP contribution in [0, 0.1) is 0 Å². The zero-order valence-corrected chi connectivity index (χ0v) is 12.7. The fraction of sp³-hybridized carbons (Fsp3) is 0.105. The SMILES string of the molecule is O=C(O)c1ccc2oc3c(c(=O)c2c1)CCC3=Cc1cccnc1. The van der Waals surface area contributed by atoms with Crippen molar-refractivity contribution in [2.45, 2.75) is 12.8 Å². The van der Waals surface area contributed by atoms with Gasteiger partial charge in [0.1, 0.15) is 11.3 Å². The van der Waals surface area contributed by atoms with E-state index in [-0.39, 0.29) is 11.0 Å². The smallest absolute Gasteiger partial charge is 0.335 e. The summed E-state index contributed by atoms with van der Waals surface area (Å²) >= 11 is 0. The van der Waals surface area contributed by atoms with Crippen LogP contribution in [0.5, 0.6) is 0 Å². The zero-order chi connectivity index (χ0) is 16.7. The van der Waals surface area contributed by atoms with E-state index in [1.54, 1.807) is 18.5 Å². The first-order valence-electron chi connectivity index (χ1n) is 7.57. The van der Waals surface area contributed by atoms with Crippen molar-refractivity contribution in [3.05, 3.63) is 75.4 Å². The molecule has 0 aliphatic heterocycles. The number of rotatable bonds is 2. The highest BCUT2D eigenvalue weighted by atomic mass is 16.4. The second-order valence-electron chi connectivity index (χ2n) is 5.71. The Morgan fingerprint density at radius 1 is 1.25 bits per heavy atom. The summed E-state index contributed by atoms with van der Waals surface area (Å²) in [6, 6.07) is 8.16. The van der Waals surface area contributed by atoms with Crippen LogP contribution in [0.25, 0.3) is 22.6 Å². The number of pyridine rings is 1. The van der Waals surface area contributed by atoms with Crippen LogP contribution in [0.15, 0.2) is 51.9 Å². The highest BCUT2D eigenvalue weighted by Gasteiger charge is 2.24. The third kappa shape index (κ3) is 2.31. The van der Waals surface area contributed by atoms with Crippen LogP contribution in [0.4, 0.5) is 0 Å². The molecule has 2 heterocycles. The molecule has 0 spiro atoms. The Bertz CT molecular complexity index is 1050. The molecule has 0 amide bonds. The Hall–Kier alpha value is -3.21. The average molecular weight is 319 g/mol. The Labute approximate surface area is 136 Å². The lowest BCUT2D eigenvalue weighted by Crippen LogP contribution is -2.09. The number of carboxylic acid groups (broad SMARTS) is 1. The summed E-state index contributed by atoms with van der Waals surface area (Å²) in [7, 11) is 0. The van der Waals surface area contributed by atoms with Crippen LogP contribution in [0.2, 0.25) is 0 Å². The van der Waals surface area contributed by atoms with Crippen molar-refractivity contribution in [3.8, 4) is 0 Å². The van der Waals surface area contributed by atoms with Crippen molar-refractivity contribution in [1.29, 1.82) is 0 Å². The molecule has 1 aliphatic carbocycles. The van der Waals surface area contributed by atoms with Gasteiger partial charge in [0, 0.05) is 18.0 Å². The first-order chi connectivity index (χ1) is 11.6. The molecule has 1 aliphatic rings. The number of fused-ring (bicyclic) bond motifs is 2. The Kier molecular flexibility index (Phi) is 3.27. The van der Waals surface area contributed by atoms with Crippen molar-refractivity contribution in [3.63, 3.8) is 0 Å². The normalized spacial score (nSPS) is 14.9. The number of carboxylic acids is 1. The number of aromatic carboxylic acids is 1. The van der Waals surface area contributed by atoms with Gasteiger partial charge < -0.3 is 9.52 Å². The van der Waals surface area contributed by atoms with Gasteiger partial charge in [-0.2, -0.15) is 0 Å². The van der Waals surface area contributed by atoms with Gasteiger partial charge in [-0.3, -0.25) is 9.78 Å². The topological polar surface area (TPSA) is 80.4 Å². The van der Waals surface area contributed by atoms with Crippen LogP contribution in [-0.2, 0) is 6.42 Å².